The number of nitrogens with zero attached hydrogens (tertiary/aromatic N) is 1. The zero-order valence-corrected chi connectivity index (χ0v) is 11.6. The Hall–Kier alpha value is -2.83. The predicted molar refractivity (Wildman–Crippen MR) is 75.6 cm³/mol. The lowest BCUT2D eigenvalue weighted by molar-refractivity contribution is -0.118. The number of anilines is 1. The van der Waals surface area contributed by atoms with Crippen LogP contribution in [0, 0.1) is 13.8 Å². The van der Waals surface area contributed by atoms with Crippen molar-refractivity contribution < 1.29 is 19.4 Å². The number of aromatic nitrogens is 2. The van der Waals surface area contributed by atoms with Gasteiger partial charge < -0.3 is 15.2 Å². The highest BCUT2D eigenvalue weighted by molar-refractivity contribution is 5.93. The van der Waals surface area contributed by atoms with E-state index in [4.69, 9.17) is 9.84 Å². The molecule has 0 aliphatic heterocycles. The summed E-state index contributed by atoms with van der Waals surface area (Å²) in [7, 11) is 0. The Morgan fingerprint density at radius 1 is 1.33 bits per heavy atom. The molecule has 3 N–H and O–H groups in total. The highest BCUT2D eigenvalue weighted by atomic mass is 16.5. The number of carbonyl (C=O) groups excluding carboxylic acids is 1. The maximum atomic E-state index is 11.7. The number of ether oxygens (including phenoxy) is 1. The van der Waals surface area contributed by atoms with Crippen molar-refractivity contribution in [1.29, 1.82) is 0 Å². The highest BCUT2D eigenvalue weighted by Gasteiger charge is 2.11. The standard InChI is InChI=1S/C14H15N3O4/c1-8-3-4-11(9(2)5-8)21-7-13(18)15-12-6-10(14(19)20)16-17-12/h3-6H,7H2,1-2H3,(H,19,20)(H2,15,16,17,18). The number of hydrogen-bond acceptors (Lipinski definition) is 4. The molecule has 2 rings (SSSR count). The lowest BCUT2D eigenvalue weighted by Crippen LogP contribution is -2.20. The average Bonchev–Trinajstić information content (AvgIpc) is 2.86. The van der Waals surface area contributed by atoms with Gasteiger partial charge in [-0.3, -0.25) is 9.89 Å². The minimum absolute atomic E-state index is 0.0967. The van der Waals surface area contributed by atoms with Crippen LogP contribution in [0.2, 0.25) is 0 Å². The van der Waals surface area contributed by atoms with Crippen LogP contribution in [0.15, 0.2) is 24.3 Å². The van der Waals surface area contributed by atoms with Gasteiger partial charge in [0.25, 0.3) is 5.91 Å². The Morgan fingerprint density at radius 3 is 2.71 bits per heavy atom. The molecule has 0 aliphatic rings. The first-order valence-corrected chi connectivity index (χ1v) is 6.24. The molecule has 1 aromatic heterocycles. The van der Waals surface area contributed by atoms with Crippen LogP contribution in [0.3, 0.4) is 0 Å². The van der Waals surface area contributed by atoms with Gasteiger partial charge in [-0.25, -0.2) is 4.79 Å². The summed E-state index contributed by atoms with van der Waals surface area (Å²) in [5.41, 5.74) is 1.96. The third kappa shape index (κ3) is 3.82. The van der Waals surface area contributed by atoms with Crippen LogP contribution in [0.4, 0.5) is 5.82 Å². The summed E-state index contributed by atoms with van der Waals surface area (Å²) in [6.07, 6.45) is 0. The number of aromatic amines is 1. The molecule has 0 bridgehead atoms. The molecule has 1 heterocycles. The van der Waals surface area contributed by atoms with Crippen LogP contribution in [-0.2, 0) is 4.79 Å². The molecular weight excluding hydrogens is 274 g/mol. The van der Waals surface area contributed by atoms with Gasteiger partial charge in [0.1, 0.15) is 11.4 Å². The van der Waals surface area contributed by atoms with Gasteiger partial charge >= 0.3 is 5.97 Å². The summed E-state index contributed by atoms with van der Waals surface area (Å²) in [6, 6.07) is 6.89. The van der Waals surface area contributed by atoms with E-state index >= 15 is 0 Å². The number of amides is 1. The van der Waals surface area contributed by atoms with Gasteiger partial charge in [-0.1, -0.05) is 17.7 Å². The minimum Gasteiger partial charge on any atom is -0.483 e. The van der Waals surface area contributed by atoms with E-state index in [-0.39, 0.29) is 18.1 Å². The third-order valence-electron chi connectivity index (χ3n) is 2.76. The predicted octanol–water partition coefficient (Wildman–Crippen LogP) is 1.74. The number of aromatic carboxylic acids is 1. The van der Waals surface area contributed by atoms with Gasteiger partial charge in [0.05, 0.1) is 0 Å². The summed E-state index contributed by atoms with van der Waals surface area (Å²) in [6.45, 7) is 3.69. The molecule has 7 nitrogen and oxygen atoms in total. The number of hydrogen-bond donors (Lipinski definition) is 3. The van der Waals surface area contributed by atoms with Gasteiger partial charge in [-0.05, 0) is 25.5 Å². The summed E-state index contributed by atoms with van der Waals surface area (Å²) in [5, 5.41) is 17.1. The van der Waals surface area contributed by atoms with E-state index in [0.717, 1.165) is 11.1 Å². The van der Waals surface area contributed by atoms with E-state index in [2.05, 4.69) is 15.5 Å². The number of carboxylic acid groups (broad SMARTS) is 1. The molecule has 0 saturated heterocycles. The Kier molecular flexibility index (Phi) is 4.22. The van der Waals surface area contributed by atoms with Crippen LogP contribution < -0.4 is 10.1 Å². The van der Waals surface area contributed by atoms with E-state index in [1.165, 1.54) is 6.07 Å². The van der Waals surface area contributed by atoms with Gasteiger partial charge in [0.15, 0.2) is 12.4 Å². The molecule has 2 aromatic rings. The van der Waals surface area contributed by atoms with Crippen molar-refractivity contribution in [2.45, 2.75) is 13.8 Å². The van der Waals surface area contributed by atoms with Crippen molar-refractivity contribution in [2.75, 3.05) is 11.9 Å². The largest absolute Gasteiger partial charge is 0.483 e. The van der Waals surface area contributed by atoms with Crippen LogP contribution in [0.1, 0.15) is 21.6 Å². The molecule has 1 amide bonds. The van der Waals surface area contributed by atoms with E-state index in [0.29, 0.717) is 5.75 Å². The third-order valence-corrected chi connectivity index (χ3v) is 2.76. The van der Waals surface area contributed by atoms with E-state index in [1.54, 1.807) is 6.07 Å². The molecular formula is C14H15N3O4. The highest BCUT2D eigenvalue weighted by Crippen LogP contribution is 2.18. The molecule has 0 unspecified atom stereocenters. The molecule has 0 aliphatic carbocycles. The number of rotatable bonds is 5. The van der Waals surface area contributed by atoms with Gasteiger partial charge in [-0.15, -0.1) is 0 Å². The van der Waals surface area contributed by atoms with Crippen LogP contribution in [-0.4, -0.2) is 33.8 Å². The number of aryl methyl sites for hydroxylation is 2. The van der Waals surface area contributed by atoms with E-state index in [9.17, 15) is 9.59 Å². The van der Waals surface area contributed by atoms with Crippen molar-refractivity contribution in [3.8, 4) is 5.75 Å². The second-order valence-corrected chi connectivity index (χ2v) is 4.58. The van der Waals surface area contributed by atoms with E-state index in [1.807, 2.05) is 26.0 Å². The molecule has 0 radical (unpaired) electrons. The number of nitrogens with one attached hydrogen (secondary N) is 2. The number of H-pyrrole nitrogens is 1. The van der Waals surface area contributed by atoms with Gasteiger partial charge in [0.2, 0.25) is 0 Å². The van der Waals surface area contributed by atoms with Gasteiger partial charge in [0, 0.05) is 6.07 Å². The van der Waals surface area contributed by atoms with Gasteiger partial charge in [-0.2, -0.15) is 5.10 Å². The molecule has 0 fully saturated rings. The first kappa shape index (κ1) is 14.6. The monoisotopic (exact) mass is 289 g/mol. The molecule has 21 heavy (non-hydrogen) atoms. The first-order valence-electron chi connectivity index (χ1n) is 6.24. The number of benzene rings is 1. The number of carboxylic acids is 1. The van der Waals surface area contributed by atoms with E-state index < -0.39 is 11.9 Å². The molecule has 0 atom stereocenters. The Morgan fingerprint density at radius 2 is 2.10 bits per heavy atom. The van der Waals surface area contributed by atoms with Crippen molar-refractivity contribution >= 4 is 17.7 Å². The van der Waals surface area contributed by atoms with Crippen LogP contribution >= 0.6 is 0 Å². The van der Waals surface area contributed by atoms with Crippen molar-refractivity contribution in [1.82, 2.24) is 10.2 Å². The van der Waals surface area contributed by atoms with Crippen LogP contribution in [0.5, 0.6) is 5.75 Å². The van der Waals surface area contributed by atoms with Crippen molar-refractivity contribution in [3.63, 3.8) is 0 Å². The molecule has 0 saturated carbocycles. The Bertz CT molecular complexity index is 679. The zero-order valence-electron chi connectivity index (χ0n) is 11.6. The lowest BCUT2D eigenvalue weighted by atomic mass is 10.1. The Balaban J connectivity index is 1.91. The maximum absolute atomic E-state index is 11.7. The fraction of sp³-hybridized carbons (Fsp3) is 0.214. The second-order valence-electron chi connectivity index (χ2n) is 4.58. The quantitative estimate of drug-likeness (QED) is 0.777. The zero-order chi connectivity index (χ0) is 15.4. The van der Waals surface area contributed by atoms with Crippen LogP contribution in [0.25, 0.3) is 0 Å². The molecule has 0 spiro atoms. The normalized spacial score (nSPS) is 10.2. The minimum atomic E-state index is -1.14. The van der Waals surface area contributed by atoms with Crippen molar-refractivity contribution in [2.24, 2.45) is 0 Å². The Labute approximate surface area is 120 Å². The summed E-state index contributed by atoms with van der Waals surface area (Å²) < 4.78 is 5.41. The number of carbonyl (C=O) groups is 2. The molecule has 1 aromatic carbocycles. The summed E-state index contributed by atoms with van der Waals surface area (Å²) >= 11 is 0. The topological polar surface area (TPSA) is 104 Å². The summed E-state index contributed by atoms with van der Waals surface area (Å²) in [4.78, 5) is 22.4. The average molecular weight is 289 g/mol. The second kappa shape index (κ2) is 6.08. The smallest absolute Gasteiger partial charge is 0.353 e. The fourth-order valence-corrected chi connectivity index (χ4v) is 1.78. The van der Waals surface area contributed by atoms with Crippen molar-refractivity contribution in [3.05, 3.63) is 41.1 Å². The fourth-order valence-electron chi connectivity index (χ4n) is 1.78. The lowest BCUT2D eigenvalue weighted by Gasteiger charge is -2.09. The first-order chi connectivity index (χ1) is 9.95. The maximum Gasteiger partial charge on any atom is 0.353 e. The SMILES string of the molecule is Cc1ccc(OCC(=O)Nc2cc(C(=O)O)[nH]n2)c(C)c1. The molecule has 110 valence electrons. The summed E-state index contributed by atoms with van der Waals surface area (Å²) in [5.74, 6) is -0.793. The molecule has 7 heteroatoms.